The molecule has 0 amide bonds. The fourth-order valence-corrected chi connectivity index (χ4v) is 10.5. The third-order valence-corrected chi connectivity index (χ3v) is 12.0. The third-order valence-electron chi connectivity index (χ3n) is 10.6. The summed E-state index contributed by atoms with van der Waals surface area (Å²) in [7, 11) is 0. The number of aromatic nitrogens is 2. The molecule has 1 aromatic heterocycles. The molecule has 4 heteroatoms. The van der Waals surface area contributed by atoms with Gasteiger partial charge in [-0.2, -0.15) is 0 Å². The Bertz CT molecular complexity index is 2400. The van der Waals surface area contributed by atoms with Gasteiger partial charge in [0.15, 0.2) is 5.82 Å². The van der Waals surface area contributed by atoms with Gasteiger partial charge in [0.1, 0.15) is 5.69 Å². The monoisotopic (exact) mass is 605 g/mol. The second-order valence-electron chi connectivity index (χ2n) is 12.8. The van der Waals surface area contributed by atoms with Crippen LogP contribution in [-0.2, 0) is 0 Å². The number of hydrogen-bond donors (Lipinski definition) is 0. The highest BCUT2D eigenvalue weighted by Gasteiger charge is 2.57. The maximum absolute atomic E-state index is 5.52. The van der Waals surface area contributed by atoms with Crippen molar-refractivity contribution in [3.05, 3.63) is 162 Å². The predicted octanol–water partition coefficient (Wildman–Crippen LogP) is 10.5. The molecule has 46 heavy (non-hydrogen) atoms. The number of rotatable bonds is 2. The van der Waals surface area contributed by atoms with E-state index in [0.29, 0.717) is 5.25 Å². The van der Waals surface area contributed by atoms with Gasteiger partial charge in [-0.15, -0.1) is 11.8 Å². The first-order chi connectivity index (χ1) is 22.8. The van der Waals surface area contributed by atoms with E-state index in [9.17, 15) is 0 Å². The van der Waals surface area contributed by atoms with E-state index in [1.165, 1.54) is 55.1 Å². The standard InChI is InChI=1S/C42H27N3S/c1-2-12-24(13-3-1)39-42(44-32-21-8-7-20-31(32)43-39)45-33-22-11-18-28-26-15-5-4-14-25(26)27-17-10-19-30-35(27)38(36(28)33)40(45)37-29-16-6-9-23-34(29)46-41(30)37/h1-23,37-38,40-41H. The fraction of sp³-hybridized carbons (Fsp3) is 0.0952. The SMILES string of the molecule is c1ccc(-c2nc3ccccc3nc2N2c3cccc4c3C3c5c(cccc5C5Sc6ccccc6C5C32)-c2ccccc2-4)cc1. The molecule has 0 saturated carbocycles. The first kappa shape index (κ1) is 25.1. The predicted molar refractivity (Wildman–Crippen MR) is 188 cm³/mol. The average molecular weight is 606 g/mol. The van der Waals surface area contributed by atoms with E-state index in [1.54, 1.807) is 0 Å². The maximum atomic E-state index is 5.52. The van der Waals surface area contributed by atoms with Crippen LogP contribution in [0, 0.1) is 0 Å². The van der Waals surface area contributed by atoms with Crippen LogP contribution in [0.4, 0.5) is 11.5 Å². The summed E-state index contributed by atoms with van der Waals surface area (Å²) < 4.78 is 0. The Balaban J connectivity index is 1.29. The zero-order valence-corrected chi connectivity index (χ0v) is 25.7. The molecular weight excluding hydrogens is 579 g/mol. The molecule has 0 N–H and O–H groups in total. The molecule has 2 aliphatic heterocycles. The Morgan fingerprint density at radius 2 is 1.15 bits per heavy atom. The van der Waals surface area contributed by atoms with Crippen molar-refractivity contribution in [1.82, 2.24) is 9.97 Å². The van der Waals surface area contributed by atoms with Crippen molar-refractivity contribution in [2.24, 2.45) is 0 Å². The lowest BCUT2D eigenvalue weighted by atomic mass is 9.68. The Kier molecular flexibility index (Phi) is 5.00. The summed E-state index contributed by atoms with van der Waals surface area (Å²) in [5, 5.41) is 0.313. The van der Waals surface area contributed by atoms with Crippen molar-refractivity contribution in [3.8, 4) is 33.5 Å². The maximum Gasteiger partial charge on any atom is 0.160 e. The van der Waals surface area contributed by atoms with Gasteiger partial charge >= 0.3 is 0 Å². The number of para-hydroxylation sites is 2. The van der Waals surface area contributed by atoms with Gasteiger partial charge in [-0.1, -0.05) is 115 Å². The van der Waals surface area contributed by atoms with E-state index in [4.69, 9.17) is 9.97 Å². The first-order valence-electron chi connectivity index (χ1n) is 16.1. The lowest BCUT2D eigenvalue weighted by Crippen LogP contribution is -2.41. The van der Waals surface area contributed by atoms with Crippen LogP contribution in [0.15, 0.2) is 144 Å². The number of benzene rings is 6. The van der Waals surface area contributed by atoms with Crippen LogP contribution in [0.5, 0.6) is 0 Å². The van der Waals surface area contributed by atoms with Crippen molar-refractivity contribution in [2.75, 3.05) is 4.90 Å². The molecule has 3 heterocycles. The van der Waals surface area contributed by atoms with E-state index in [2.05, 4.69) is 144 Å². The smallest absolute Gasteiger partial charge is 0.160 e. The van der Waals surface area contributed by atoms with Gasteiger partial charge in [0.2, 0.25) is 0 Å². The number of fused-ring (bicyclic) bond motifs is 9. The highest BCUT2D eigenvalue weighted by molar-refractivity contribution is 8.00. The lowest BCUT2D eigenvalue weighted by Gasteiger charge is -2.43. The lowest BCUT2D eigenvalue weighted by molar-refractivity contribution is 0.466. The summed E-state index contributed by atoms with van der Waals surface area (Å²) in [5.41, 5.74) is 16.3. The summed E-state index contributed by atoms with van der Waals surface area (Å²) in [5.74, 6) is 1.42. The molecule has 6 aromatic carbocycles. The fourth-order valence-electron chi connectivity index (χ4n) is 8.91. The number of thioether (sulfide) groups is 1. The van der Waals surface area contributed by atoms with Crippen LogP contribution in [0.1, 0.15) is 39.3 Å². The average Bonchev–Trinajstić information content (AvgIpc) is 3.64. The van der Waals surface area contributed by atoms with Crippen LogP contribution in [0.3, 0.4) is 0 Å². The molecule has 4 aliphatic rings. The molecule has 4 unspecified atom stereocenters. The number of hydrogen-bond acceptors (Lipinski definition) is 4. The highest BCUT2D eigenvalue weighted by atomic mass is 32.2. The second-order valence-corrected chi connectivity index (χ2v) is 14.0. The molecular formula is C42H27N3S. The zero-order chi connectivity index (χ0) is 29.9. The minimum Gasteiger partial charge on any atom is -0.320 e. The largest absolute Gasteiger partial charge is 0.320 e. The third kappa shape index (κ3) is 3.19. The van der Waals surface area contributed by atoms with Crippen LogP contribution in [0.2, 0.25) is 0 Å². The van der Waals surface area contributed by atoms with Crippen LogP contribution >= 0.6 is 11.8 Å². The Hall–Kier alpha value is -5.19. The van der Waals surface area contributed by atoms with Gasteiger partial charge in [0.25, 0.3) is 0 Å². The summed E-state index contributed by atoms with van der Waals surface area (Å²) in [6.45, 7) is 0. The van der Waals surface area contributed by atoms with Crippen LogP contribution in [-0.4, -0.2) is 16.0 Å². The van der Waals surface area contributed by atoms with Gasteiger partial charge in [-0.05, 0) is 68.8 Å². The van der Waals surface area contributed by atoms with Gasteiger partial charge in [-0.3, -0.25) is 0 Å². The van der Waals surface area contributed by atoms with Crippen molar-refractivity contribution in [2.45, 2.75) is 28.0 Å². The summed E-state index contributed by atoms with van der Waals surface area (Å²) in [6.07, 6.45) is 0. The van der Waals surface area contributed by atoms with Crippen LogP contribution in [0.25, 0.3) is 44.5 Å². The van der Waals surface area contributed by atoms with E-state index in [0.717, 1.165) is 28.1 Å². The van der Waals surface area contributed by atoms with Crippen molar-refractivity contribution in [3.63, 3.8) is 0 Å². The molecule has 11 rings (SSSR count). The first-order valence-corrected chi connectivity index (χ1v) is 17.0. The summed E-state index contributed by atoms with van der Waals surface area (Å²) in [4.78, 5) is 14.9. The number of anilines is 2. The molecule has 0 saturated heterocycles. The summed E-state index contributed by atoms with van der Waals surface area (Å²) in [6, 6.07) is 51.2. The molecule has 0 bridgehead atoms. The topological polar surface area (TPSA) is 29.0 Å². The molecule has 0 spiro atoms. The molecule has 216 valence electrons. The van der Waals surface area contributed by atoms with Crippen LogP contribution < -0.4 is 4.90 Å². The van der Waals surface area contributed by atoms with Gasteiger partial charge < -0.3 is 4.90 Å². The summed E-state index contributed by atoms with van der Waals surface area (Å²) >= 11 is 2.05. The van der Waals surface area contributed by atoms with Crippen molar-refractivity contribution in [1.29, 1.82) is 0 Å². The molecule has 3 nitrogen and oxygen atoms in total. The second kappa shape index (κ2) is 9.18. The quantitative estimate of drug-likeness (QED) is 0.196. The zero-order valence-electron chi connectivity index (χ0n) is 24.8. The van der Waals surface area contributed by atoms with E-state index in [-0.39, 0.29) is 17.9 Å². The Morgan fingerprint density at radius 3 is 1.98 bits per heavy atom. The van der Waals surface area contributed by atoms with Crippen molar-refractivity contribution >= 4 is 34.3 Å². The van der Waals surface area contributed by atoms with E-state index < -0.39 is 0 Å². The van der Waals surface area contributed by atoms with Crippen molar-refractivity contribution < 1.29 is 0 Å². The molecule has 0 fully saturated rings. The molecule has 0 radical (unpaired) electrons. The van der Waals surface area contributed by atoms with Gasteiger partial charge in [0.05, 0.1) is 17.1 Å². The highest BCUT2D eigenvalue weighted by Crippen LogP contribution is 2.69. The molecule has 4 atom stereocenters. The van der Waals surface area contributed by atoms with E-state index >= 15 is 0 Å². The normalized spacial score (nSPS) is 20.9. The van der Waals surface area contributed by atoms with Gasteiger partial charge in [-0.25, -0.2) is 9.97 Å². The Labute approximate surface area is 271 Å². The minimum absolute atomic E-state index is 0.137. The minimum atomic E-state index is 0.137. The molecule has 7 aromatic rings. The van der Waals surface area contributed by atoms with E-state index in [1.807, 2.05) is 11.8 Å². The van der Waals surface area contributed by atoms with Gasteiger partial charge in [0, 0.05) is 33.2 Å². The Morgan fingerprint density at radius 1 is 0.522 bits per heavy atom. The number of nitrogens with zero attached hydrogens (tertiary/aromatic N) is 3. The molecule has 2 aliphatic carbocycles.